The summed E-state index contributed by atoms with van der Waals surface area (Å²) in [6, 6.07) is 11.2. The number of H-pyrrole nitrogens is 1. The van der Waals surface area contributed by atoms with Crippen LogP contribution in [0.25, 0.3) is 33.3 Å². The molecular weight excluding hydrogens is 470 g/mol. The third-order valence-corrected chi connectivity index (χ3v) is 6.64. The van der Waals surface area contributed by atoms with Crippen molar-refractivity contribution in [1.82, 2.24) is 19.9 Å². The summed E-state index contributed by atoms with van der Waals surface area (Å²) in [4.78, 5) is 17.2. The maximum absolute atomic E-state index is 7.69. The Balaban J connectivity index is 1.44. The summed E-state index contributed by atoms with van der Waals surface area (Å²) < 4.78 is 17.7. The highest BCUT2D eigenvalue weighted by molar-refractivity contribution is 5.99. The van der Waals surface area contributed by atoms with Crippen LogP contribution in [0.3, 0.4) is 0 Å². The molecule has 1 fully saturated rings. The van der Waals surface area contributed by atoms with Gasteiger partial charge in [0.1, 0.15) is 28.9 Å². The molecule has 5 N–H and O–H groups in total. The Labute approximate surface area is 212 Å². The summed E-state index contributed by atoms with van der Waals surface area (Å²) in [7, 11) is 1.56. The summed E-state index contributed by atoms with van der Waals surface area (Å²) in [5.41, 5.74) is 10.9. The fourth-order valence-corrected chi connectivity index (χ4v) is 4.82. The molecule has 0 bridgehead atoms. The first-order valence-electron chi connectivity index (χ1n) is 12.2. The molecule has 0 radical (unpaired) electrons. The molecule has 0 aliphatic heterocycles. The normalized spacial score (nSPS) is 13.9. The molecule has 1 aliphatic carbocycles. The standard InChI is InChI=1S/C27H27N7O3/c1-14-31-20-9-7-15(11-22(20)36-14)18-13-30-25-23(18)26(37-17-5-3-4-6-17)34-27(33-25)32-19-10-8-16(24(28)29)12-21(19)35-2/h7-13,17H,3-6H2,1-2H3,(H3,28,29)(H2,30,32,33,34). The third-order valence-electron chi connectivity index (χ3n) is 6.64. The molecule has 3 aromatic heterocycles. The van der Waals surface area contributed by atoms with Gasteiger partial charge >= 0.3 is 0 Å². The van der Waals surface area contributed by atoms with Gasteiger partial charge in [-0.15, -0.1) is 0 Å². The van der Waals surface area contributed by atoms with Gasteiger partial charge in [0, 0.05) is 24.2 Å². The molecule has 10 nitrogen and oxygen atoms in total. The number of nitrogens with zero attached hydrogens (tertiary/aromatic N) is 3. The monoisotopic (exact) mass is 497 g/mol. The van der Waals surface area contributed by atoms with E-state index in [1.54, 1.807) is 25.3 Å². The molecule has 2 aromatic carbocycles. The predicted octanol–water partition coefficient (Wildman–Crippen LogP) is 5.43. The van der Waals surface area contributed by atoms with Crippen molar-refractivity contribution in [3.05, 3.63) is 54.0 Å². The fourth-order valence-electron chi connectivity index (χ4n) is 4.82. The topological polar surface area (TPSA) is 148 Å². The van der Waals surface area contributed by atoms with Crippen molar-refractivity contribution in [2.45, 2.75) is 38.7 Å². The third kappa shape index (κ3) is 4.31. The van der Waals surface area contributed by atoms with Crippen molar-refractivity contribution in [3.63, 3.8) is 0 Å². The quantitative estimate of drug-likeness (QED) is 0.172. The van der Waals surface area contributed by atoms with Gasteiger partial charge in [0.15, 0.2) is 11.5 Å². The second-order valence-electron chi connectivity index (χ2n) is 9.17. The highest BCUT2D eigenvalue weighted by atomic mass is 16.5. The van der Waals surface area contributed by atoms with E-state index in [9.17, 15) is 0 Å². The number of ether oxygens (including phenoxy) is 2. The zero-order valence-corrected chi connectivity index (χ0v) is 20.6. The highest BCUT2D eigenvalue weighted by Gasteiger charge is 2.23. The van der Waals surface area contributed by atoms with Crippen LogP contribution < -0.4 is 20.5 Å². The van der Waals surface area contributed by atoms with E-state index >= 15 is 0 Å². The molecule has 1 aliphatic rings. The van der Waals surface area contributed by atoms with Crippen molar-refractivity contribution >= 4 is 39.6 Å². The Morgan fingerprint density at radius 1 is 1.14 bits per heavy atom. The van der Waals surface area contributed by atoms with Crippen molar-refractivity contribution in [2.24, 2.45) is 5.73 Å². The molecule has 0 spiro atoms. The number of hydrogen-bond donors (Lipinski definition) is 4. The molecule has 6 rings (SSSR count). The SMILES string of the molecule is COc1cc(C(=N)N)ccc1Nc1nc(OC2CCCC2)c2c(-c3ccc4nc(C)oc4c3)c[nH]c2n1. The number of aromatic nitrogens is 4. The maximum atomic E-state index is 7.69. The number of amidine groups is 1. The summed E-state index contributed by atoms with van der Waals surface area (Å²) in [5, 5.41) is 11.7. The molecule has 0 unspecified atom stereocenters. The largest absolute Gasteiger partial charge is 0.495 e. The van der Waals surface area contributed by atoms with Gasteiger partial charge in [-0.1, -0.05) is 6.07 Å². The van der Waals surface area contributed by atoms with E-state index in [2.05, 4.69) is 15.3 Å². The second-order valence-corrected chi connectivity index (χ2v) is 9.17. The van der Waals surface area contributed by atoms with E-state index in [0.717, 1.165) is 53.3 Å². The maximum Gasteiger partial charge on any atom is 0.232 e. The number of benzene rings is 2. The number of hydrogen-bond acceptors (Lipinski definition) is 8. The number of nitrogens with two attached hydrogens (primary N) is 1. The number of aromatic amines is 1. The average Bonchev–Trinajstić information content (AvgIpc) is 3.63. The summed E-state index contributed by atoms with van der Waals surface area (Å²) in [6.45, 7) is 1.84. The van der Waals surface area contributed by atoms with Crippen LogP contribution >= 0.6 is 0 Å². The Hall–Kier alpha value is -4.60. The lowest BCUT2D eigenvalue weighted by Gasteiger charge is -2.16. The molecule has 3 heterocycles. The number of nitrogens with one attached hydrogen (secondary N) is 3. The number of fused-ring (bicyclic) bond motifs is 2. The van der Waals surface area contributed by atoms with Crippen LogP contribution in [-0.2, 0) is 0 Å². The van der Waals surface area contributed by atoms with E-state index in [0.29, 0.717) is 40.4 Å². The first-order valence-corrected chi connectivity index (χ1v) is 12.2. The molecule has 37 heavy (non-hydrogen) atoms. The molecule has 0 amide bonds. The van der Waals surface area contributed by atoms with E-state index in [-0.39, 0.29) is 11.9 Å². The number of anilines is 2. The average molecular weight is 498 g/mol. The molecule has 1 saturated carbocycles. The lowest BCUT2D eigenvalue weighted by atomic mass is 10.1. The number of rotatable bonds is 7. The van der Waals surface area contributed by atoms with Crippen LogP contribution in [0, 0.1) is 12.3 Å². The zero-order chi connectivity index (χ0) is 25.5. The first-order chi connectivity index (χ1) is 18.0. The summed E-state index contributed by atoms with van der Waals surface area (Å²) in [5.74, 6) is 2.00. The highest BCUT2D eigenvalue weighted by Crippen LogP contribution is 2.38. The van der Waals surface area contributed by atoms with E-state index in [1.807, 2.05) is 31.3 Å². The molecule has 0 atom stereocenters. The molecule has 188 valence electrons. The van der Waals surface area contributed by atoms with Gasteiger partial charge in [-0.2, -0.15) is 9.97 Å². The van der Waals surface area contributed by atoms with Gasteiger partial charge in [-0.3, -0.25) is 5.41 Å². The second kappa shape index (κ2) is 9.12. The lowest BCUT2D eigenvalue weighted by Crippen LogP contribution is -2.13. The molecular formula is C27H27N7O3. The van der Waals surface area contributed by atoms with E-state index in [4.69, 9.17) is 35.0 Å². The first kappa shape index (κ1) is 22.8. The molecule has 10 heteroatoms. The zero-order valence-electron chi connectivity index (χ0n) is 20.6. The number of methoxy groups -OCH3 is 1. The predicted molar refractivity (Wildman–Crippen MR) is 142 cm³/mol. The summed E-state index contributed by atoms with van der Waals surface area (Å²) >= 11 is 0. The van der Waals surface area contributed by atoms with Crippen molar-refractivity contribution < 1.29 is 13.9 Å². The Morgan fingerprint density at radius 3 is 2.76 bits per heavy atom. The minimum Gasteiger partial charge on any atom is -0.495 e. The van der Waals surface area contributed by atoms with Crippen LogP contribution in [0.2, 0.25) is 0 Å². The van der Waals surface area contributed by atoms with Gasteiger partial charge in [-0.05, 0) is 61.6 Å². The van der Waals surface area contributed by atoms with Crippen molar-refractivity contribution in [1.29, 1.82) is 5.41 Å². The van der Waals surface area contributed by atoms with Crippen molar-refractivity contribution in [2.75, 3.05) is 12.4 Å². The molecule has 5 aromatic rings. The number of nitrogen functional groups attached to an aromatic ring is 1. The minimum absolute atomic E-state index is 0.0348. The van der Waals surface area contributed by atoms with Crippen LogP contribution in [0.15, 0.2) is 47.0 Å². The Morgan fingerprint density at radius 2 is 1.97 bits per heavy atom. The molecule has 0 saturated heterocycles. The van der Waals surface area contributed by atoms with E-state index < -0.39 is 0 Å². The van der Waals surface area contributed by atoms with Crippen LogP contribution in [-0.4, -0.2) is 39.0 Å². The van der Waals surface area contributed by atoms with Gasteiger partial charge in [0.05, 0.1) is 18.2 Å². The number of aryl methyl sites for hydroxylation is 1. The summed E-state index contributed by atoms with van der Waals surface area (Å²) in [6.07, 6.45) is 6.31. The minimum atomic E-state index is -0.0348. The Kier molecular flexibility index (Phi) is 5.63. The van der Waals surface area contributed by atoms with Crippen LogP contribution in [0.4, 0.5) is 11.6 Å². The van der Waals surface area contributed by atoms with Crippen LogP contribution in [0.5, 0.6) is 11.6 Å². The van der Waals surface area contributed by atoms with Gasteiger partial charge < -0.3 is 29.9 Å². The van der Waals surface area contributed by atoms with Gasteiger partial charge in [0.25, 0.3) is 0 Å². The van der Waals surface area contributed by atoms with Crippen molar-refractivity contribution in [3.8, 4) is 22.8 Å². The fraction of sp³-hybridized carbons (Fsp3) is 0.259. The van der Waals surface area contributed by atoms with Gasteiger partial charge in [-0.25, -0.2) is 4.98 Å². The smallest absolute Gasteiger partial charge is 0.232 e. The van der Waals surface area contributed by atoms with Crippen LogP contribution in [0.1, 0.15) is 37.1 Å². The Bertz CT molecular complexity index is 1630. The van der Waals surface area contributed by atoms with Gasteiger partial charge in [0.2, 0.25) is 11.8 Å². The lowest BCUT2D eigenvalue weighted by molar-refractivity contribution is 0.204. The number of oxazole rings is 1. The van der Waals surface area contributed by atoms with E-state index in [1.165, 1.54) is 0 Å².